The number of nitriles is 1. The first-order valence-electron chi connectivity index (χ1n) is 5.27. The summed E-state index contributed by atoms with van der Waals surface area (Å²) < 4.78 is 5.39. The van der Waals surface area contributed by atoms with E-state index < -0.39 is 0 Å². The van der Waals surface area contributed by atoms with Crippen LogP contribution in [0, 0.1) is 11.3 Å². The topological polar surface area (TPSA) is 52.2 Å². The molecular formula is C11H15N3O. The van der Waals surface area contributed by atoms with Gasteiger partial charge in [0.05, 0.1) is 24.8 Å². The average Bonchev–Trinajstić information content (AvgIpc) is 2.80. The summed E-state index contributed by atoms with van der Waals surface area (Å²) in [6.07, 6.45) is 2.16. The van der Waals surface area contributed by atoms with Crippen molar-refractivity contribution in [3.8, 4) is 6.07 Å². The Balaban J connectivity index is 2.08. The highest BCUT2D eigenvalue weighted by Crippen LogP contribution is 2.24. The molecule has 4 heteroatoms. The second-order valence-corrected chi connectivity index (χ2v) is 3.68. The second kappa shape index (κ2) is 4.96. The van der Waals surface area contributed by atoms with Crippen molar-refractivity contribution in [1.82, 2.24) is 10.2 Å². The maximum Gasteiger partial charge on any atom is 0.121 e. The minimum atomic E-state index is 0.118. The molecule has 2 rings (SSSR count). The van der Waals surface area contributed by atoms with Crippen LogP contribution in [0.5, 0.6) is 0 Å². The number of piperazine rings is 1. The van der Waals surface area contributed by atoms with Crippen molar-refractivity contribution in [1.29, 1.82) is 5.26 Å². The summed E-state index contributed by atoms with van der Waals surface area (Å²) in [5, 5.41) is 12.1. The normalized spacial score (nSPS) is 19.7. The van der Waals surface area contributed by atoms with E-state index in [1.165, 1.54) is 0 Å². The zero-order valence-corrected chi connectivity index (χ0v) is 8.65. The number of nitrogens with one attached hydrogen (secondary N) is 1. The van der Waals surface area contributed by atoms with Crippen LogP contribution in [0.25, 0.3) is 0 Å². The van der Waals surface area contributed by atoms with Gasteiger partial charge in [0.1, 0.15) is 5.76 Å². The standard InChI is InChI=1S/C11H15N3O/c12-4-3-10(11-2-1-9-15-11)14-7-5-13-6-8-14/h1-2,9-10,13H,3,5-8H2/t10-/m0/s1. The number of hydrogen-bond donors (Lipinski definition) is 1. The molecule has 2 heterocycles. The highest BCUT2D eigenvalue weighted by atomic mass is 16.3. The van der Waals surface area contributed by atoms with E-state index in [-0.39, 0.29) is 6.04 Å². The van der Waals surface area contributed by atoms with Gasteiger partial charge in [-0.2, -0.15) is 5.26 Å². The van der Waals surface area contributed by atoms with Crippen LogP contribution in [0.1, 0.15) is 18.2 Å². The Morgan fingerprint density at radius 2 is 2.33 bits per heavy atom. The molecule has 0 aliphatic carbocycles. The Morgan fingerprint density at radius 3 is 2.93 bits per heavy atom. The van der Waals surface area contributed by atoms with Crippen molar-refractivity contribution in [3.05, 3.63) is 24.2 Å². The Hall–Kier alpha value is -1.31. The number of nitrogens with zero attached hydrogens (tertiary/aromatic N) is 2. The molecular weight excluding hydrogens is 190 g/mol. The highest BCUT2D eigenvalue weighted by molar-refractivity contribution is 5.07. The van der Waals surface area contributed by atoms with Crippen molar-refractivity contribution in [2.24, 2.45) is 0 Å². The molecule has 0 amide bonds. The molecule has 0 unspecified atom stereocenters. The molecule has 1 atom stereocenters. The summed E-state index contributed by atoms with van der Waals surface area (Å²) in [4.78, 5) is 2.30. The maximum atomic E-state index is 8.83. The van der Waals surface area contributed by atoms with Crippen LogP contribution in [-0.4, -0.2) is 31.1 Å². The molecule has 1 aromatic heterocycles. The molecule has 1 fully saturated rings. The minimum Gasteiger partial charge on any atom is -0.468 e. The van der Waals surface area contributed by atoms with Crippen molar-refractivity contribution in [3.63, 3.8) is 0 Å². The van der Waals surface area contributed by atoms with Gasteiger partial charge < -0.3 is 9.73 Å². The van der Waals surface area contributed by atoms with E-state index in [9.17, 15) is 0 Å². The van der Waals surface area contributed by atoms with Gasteiger partial charge in [-0.25, -0.2) is 0 Å². The monoisotopic (exact) mass is 205 g/mol. The average molecular weight is 205 g/mol. The van der Waals surface area contributed by atoms with Gasteiger partial charge >= 0.3 is 0 Å². The maximum absolute atomic E-state index is 8.83. The summed E-state index contributed by atoms with van der Waals surface area (Å²) in [6, 6.07) is 6.17. The molecule has 1 saturated heterocycles. The molecule has 1 aromatic rings. The van der Waals surface area contributed by atoms with Crippen LogP contribution >= 0.6 is 0 Å². The number of rotatable bonds is 3. The number of hydrogen-bond acceptors (Lipinski definition) is 4. The molecule has 1 aliphatic heterocycles. The third kappa shape index (κ3) is 2.38. The van der Waals surface area contributed by atoms with Crippen LogP contribution in [0.4, 0.5) is 0 Å². The smallest absolute Gasteiger partial charge is 0.121 e. The lowest BCUT2D eigenvalue weighted by molar-refractivity contribution is 0.157. The lowest BCUT2D eigenvalue weighted by Crippen LogP contribution is -2.45. The third-order valence-corrected chi connectivity index (χ3v) is 2.75. The van der Waals surface area contributed by atoms with Gasteiger partial charge in [-0.15, -0.1) is 0 Å². The second-order valence-electron chi connectivity index (χ2n) is 3.68. The van der Waals surface area contributed by atoms with E-state index in [0.29, 0.717) is 6.42 Å². The van der Waals surface area contributed by atoms with Crippen molar-refractivity contribution >= 4 is 0 Å². The highest BCUT2D eigenvalue weighted by Gasteiger charge is 2.23. The van der Waals surface area contributed by atoms with E-state index in [1.807, 2.05) is 12.1 Å². The Bertz CT molecular complexity index is 322. The van der Waals surface area contributed by atoms with Gasteiger partial charge in [0.2, 0.25) is 0 Å². The summed E-state index contributed by atoms with van der Waals surface area (Å²) >= 11 is 0. The van der Waals surface area contributed by atoms with Gasteiger partial charge in [-0.05, 0) is 12.1 Å². The predicted octanol–water partition coefficient (Wildman–Crippen LogP) is 1.14. The molecule has 0 saturated carbocycles. The molecule has 0 aromatic carbocycles. The third-order valence-electron chi connectivity index (χ3n) is 2.75. The zero-order valence-electron chi connectivity index (χ0n) is 8.65. The Kier molecular flexibility index (Phi) is 3.38. The zero-order chi connectivity index (χ0) is 10.5. The molecule has 1 N–H and O–H groups in total. The van der Waals surface area contributed by atoms with Crippen LogP contribution < -0.4 is 5.32 Å². The van der Waals surface area contributed by atoms with Crippen LogP contribution in [-0.2, 0) is 0 Å². The molecule has 4 nitrogen and oxygen atoms in total. The van der Waals surface area contributed by atoms with Gasteiger partial charge in [-0.3, -0.25) is 4.90 Å². The van der Waals surface area contributed by atoms with Crippen molar-refractivity contribution < 1.29 is 4.42 Å². The molecule has 0 spiro atoms. The summed E-state index contributed by atoms with van der Waals surface area (Å²) in [5.41, 5.74) is 0. The first kappa shape index (κ1) is 10.2. The molecule has 0 radical (unpaired) electrons. The van der Waals surface area contributed by atoms with Crippen molar-refractivity contribution in [2.45, 2.75) is 12.5 Å². The van der Waals surface area contributed by atoms with Gasteiger partial charge in [-0.1, -0.05) is 0 Å². The first-order chi connectivity index (χ1) is 7.42. The quantitative estimate of drug-likeness (QED) is 0.804. The van der Waals surface area contributed by atoms with E-state index in [2.05, 4.69) is 16.3 Å². The van der Waals surface area contributed by atoms with Crippen LogP contribution in [0.3, 0.4) is 0 Å². The molecule has 1 aliphatic rings. The van der Waals surface area contributed by atoms with Gasteiger partial charge in [0.15, 0.2) is 0 Å². The molecule has 80 valence electrons. The predicted molar refractivity (Wildman–Crippen MR) is 56.1 cm³/mol. The van der Waals surface area contributed by atoms with Crippen LogP contribution in [0.2, 0.25) is 0 Å². The van der Waals surface area contributed by atoms with Gasteiger partial charge in [0, 0.05) is 26.2 Å². The fourth-order valence-corrected chi connectivity index (χ4v) is 1.97. The van der Waals surface area contributed by atoms with Crippen molar-refractivity contribution in [2.75, 3.05) is 26.2 Å². The lowest BCUT2D eigenvalue weighted by atomic mass is 10.1. The first-order valence-corrected chi connectivity index (χ1v) is 5.27. The molecule has 0 bridgehead atoms. The summed E-state index contributed by atoms with van der Waals surface area (Å²) in [6.45, 7) is 3.94. The molecule has 15 heavy (non-hydrogen) atoms. The lowest BCUT2D eigenvalue weighted by Gasteiger charge is -2.32. The van der Waals surface area contributed by atoms with E-state index in [0.717, 1.165) is 31.9 Å². The fourth-order valence-electron chi connectivity index (χ4n) is 1.97. The Morgan fingerprint density at radius 1 is 1.53 bits per heavy atom. The fraction of sp³-hybridized carbons (Fsp3) is 0.545. The largest absolute Gasteiger partial charge is 0.468 e. The number of furan rings is 1. The van der Waals surface area contributed by atoms with E-state index in [1.54, 1.807) is 6.26 Å². The summed E-state index contributed by atoms with van der Waals surface area (Å²) in [5.74, 6) is 0.901. The minimum absolute atomic E-state index is 0.118. The van der Waals surface area contributed by atoms with Gasteiger partial charge in [0.25, 0.3) is 0 Å². The summed E-state index contributed by atoms with van der Waals surface area (Å²) in [7, 11) is 0. The Labute approximate surface area is 89.5 Å². The van der Waals surface area contributed by atoms with Crippen LogP contribution in [0.15, 0.2) is 22.8 Å². The van der Waals surface area contributed by atoms with E-state index >= 15 is 0 Å². The SMILES string of the molecule is N#CC[C@@H](c1ccco1)N1CCNCC1. The van der Waals surface area contributed by atoms with E-state index in [4.69, 9.17) is 9.68 Å².